The van der Waals surface area contributed by atoms with Gasteiger partial charge < -0.3 is 10.1 Å². The van der Waals surface area contributed by atoms with Crippen molar-refractivity contribution in [1.82, 2.24) is 10.3 Å². The summed E-state index contributed by atoms with van der Waals surface area (Å²) in [6, 6.07) is 10.3. The van der Waals surface area contributed by atoms with Gasteiger partial charge in [0.2, 0.25) is 0 Å². The Hall–Kier alpha value is -1.45. The number of hydrogen-bond donors (Lipinski definition) is 1. The minimum absolute atomic E-state index is 0.144. The molecule has 1 saturated heterocycles. The number of nitrogens with one attached hydrogen (secondary N) is 1. The van der Waals surface area contributed by atoms with Gasteiger partial charge >= 0.3 is 0 Å². The Balaban J connectivity index is 1.97. The third-order valence-electron chi connectivity index (χ3n) is 2.91. The van der Waals surface area contributed by atoms with Gasteiger partial charge in [0.05, 0.1) is 18.2 Å². The van der Waals surface area contributed by atoms with Gasteiger partial charge in [-0.2, -0.15) is 0 Å². The zero-order chi connectivity index (χ0) is 10.8. The van der Waals surface area contributed by atoms with Crippen molar-refractivity contribution < 1.29 is 4.74 Å². The van der Waals surface area contributed by atoms with Gasteiger partial charge in [-0.15, -0.1) is 0 Å². The smallest absolute Gasteiger partial charge is 0.0964 e. The zero-order valence-electron chi connectivity index (χ0n) is 9.02. The lowest BCUT2D eigenvalue weighted by atomic mass is 10.1. The first-order chi connectivity index (χ1) is 7.93. The van der Waals surface area contributed by atoms with Crippen LogP contribution in [0.1, 0.15) is 11.7 Å². The molecule has 1 fully saturated rings. The highest BCUT2D eigenvalue weighted by Gasteiger charge is 2.15. The number of hydrogen-bond acceptors (Lipinski definition) is 3. The molecule has 0 aliphatic carbocycles. The molecule has 3 heteroatoms. The fraction of sp³-hybridized carbons (Fsp3) is 0.308. The number of benzene rings is 1. The highest BCUT2D eigenvalue weighted by Crippen LogP contribution is 2.21. The van der Waals surface area contributed by atoms with E-state index in [1.54, 1.807) is 0 Å². The van der Waals surface area contributed by atoms with E-state index in [2.05, 4.69) is 22.4 Å². The second-order valence-electron chi connectivity index (χ2n) is 4.02. The van der Waals surface area contributed by atoms with E-state index in [4.69, 9.17) is 4.74 Å². The highest BCUT2D eigenvalue weighted by atomic mass is 16.5. The molecule has 0 radical (unpaired) electrons. The van der Waals surface area contributed by atoms with Gasteiger partial charge in [-0.25, -0.2) is 0 Å². The summed E-state index contributed by atoms with van der Waals surface area (Å²) in [6.45, 7) is 2.59. The Morgan fingerprint density at radius 1 is 1.31 bits per heavy atom. The topological polar surface area (TPSA) is 34.2 Å². The van der Waals surface area contributed by atoms with Gasteiger partial charge in [-0.1, -0.05) is 18.2 Å². The molecule has 3 rings (SSSR count). The molecule has 1 aliphatic rings. The molecule has 2 aromatic rings. The van der Waals surface area contributed by atoms with E-state index in [0.29, 0.717) is 0 Å². The average molecular weight is 214 g/mol. The van der Waals surface area contributed by atoms with Crippen molar-refractivity contribution in [1.29, 1.82) is 0 Å². The molecule has 2 heterocycles. The third kappa shape index (κ3) is 1.79. The largest absolute Gasteiger partial charge is 0.371 e. The van der Waals surface area contributed by atoms with E-state index in [-0.39, 0.29) is 6.10 Å². The lowest BCUT2D eigenvalue weighted by Gasteiger charge is -2.23. The van der Waals surface area contributed by atoms with Crippen LogP contribution in [0.15, 0.2) is 36.5 Å². The van der Waals surface area contributed by atoms with Crippen LogP contribution in [0.2, 0.25) is 0 Å². The summed E-state index contributed by atoms with van der Waals surface area (Å²) >= 11 is 0. The fourth-order valence-corrected chi connectivity index (χ4v) is 2.04. The normalized spacial score (nSPS) is 21.1. The number of ether oxygens (including phenoxy) is 1. The number of aromatic nitrogens is 1. The Morgan fingerprint density at radius 3 is 3.12 bits per heavy atom. The molecule has 1 aromatic carbocycles. The van der Waals surface area contributed by atoms with Gasteiger partial charge in [0.15, 0.2) is 0 Å². The zero-order valence-corrected chi connectivity index (χ0v) is 9.02. The minimum Gasteiger partial charge on any atom is -0.371 e. The molecule has 16 heavy (non-hydrogen) atoms. The Bertz CT molecular complexity index is 492. The summed E-state index contributed by atoms with van der Waals surface area (Å²) in [5.74, 6) is 0. The van der Waals surface area contributed by atoms with Crippen molar-refractivity contribution in [3.05, 3.63) is 42.1 Å². The van der Waals surface area contributed by atoms with Crippen LogP contribution < -0.4 is 5.32 Å². The van der Waals surface area contributed by atoms with Gasteiger partial charge in [0.1, 0.15) is 0 Å². The van der Waals surface area contributed by atoms with E-state index in [9.17, 15) is 0 Å². The summed E-state index contributed by atoms with van der Waals surface area (Å²) < 4.78 is 5.71. The number of morpholine rings is 1. The van der Waals surface area contributed by atoms with Crippen molar-refractivity contribution in [2.75, 3.05) is 19.7 Å². The summed E-state index contributed by atoms with van der Waals surface area (Å²) in [5, 5.41) is 4.50. The maximum absolute atomic E-state index is 5.71. The molecule has 1 N–H and O–H groups in total. The number of fused-ring (bicyclic) bond motifs is 1. The van der Waals surface area contributed by atoms with Crippen molar-refractivity contribution in [3.63, 3.8) is 0 Å². The molecule has 1 atom stereocenters. The maximum atomic E-state index is 5.71. The first-order valence-electron chi connectivity index (χ1n) is 5.60. The molecule has 0 amide bonds. The monoisotopic (exact) mass is 214 g/mol. The number of rotatable bonds is 1. The Kier molecular flexibility index (Phi) is 2.56. The lowest BCUT2D eigenvalue weighted by Crippen LogP contribution is -2.33. The van der Waals surface area contributed by atoms with Crippen LogP contribution in [0.5, 0.6) is 0 Å². The maximum Gasteiger partial charge on any atom is 0.0964 e. The Labute approximate surface area is 94.5 Å². The van der Waals surface area contributed by atoms with Crippen LogP contribution in [0.3, 0.4) is 0 Å². The number of nitrogens with zero attached hydrogens (tertiary/aromatic N) is 1. The minimum atomic E-state index is 0.144. The molecule has 1 unspecified atom stereocenters. The number of pyridine rings is 1. The Morgan fingerprint density at radius 2 is 2.25 bits per heavy atom. The van der Waals surface area contributed by atoms with E-state index in [0.717, 1.165) is 30.8 Å². The summed E-state index contributed by atoms with van der Waals surface area (Å²) in [4.78, 5) is 4.45. The van der Waals surface area contributed by atoms with Crippen molar-refractivity contribution in [3.8, 4) is 0 Å². The molecule has 1 aliphatic heterocycles. The summed E-state index contributed by atoms with van der Waals surface area (Å²) in [6.07, 6.45) is 2.06. The van der Waals surface area contributed by atoms with E-state index in [1.165, 1.54) is 5.39 Å². The quantitative estimate of drug-likeness (QED) is 0.787. The summed E-state index contributed by atoms with van der Waals surface area (Å²) in [5.41, 5.74) is 2.20. The van der Waals surface area contributed by atoms with Gasteiger partial charge in [-0.3, -0.25) is 4.98 Å². The van der Waals surface area contributed by atoms with Crippen molar-refractivity contribution in [2.24, 2.45) is 0 Å². The van der Waals surface area contributed by atoms with Crippen LogP contribution in [0.25, 0.3) is 10.9 Å². The van der Waals surface area contributed by atoms with E-state index >= 15 is 0 Å². The fourth-order valence-electron chi connectivity index (χ4n) is 2.04. The van der Waals surface area contributed by atoms with Crippen LogP contribution >= 0.6 is 0 Å². The first-order valence-corrected chi connectivity index (χ1v) is 5.60. The molecule has 3 nitrogen and oxygen atoms in total. The SMILES string of the molecule is c1ccc2ncc(C3CNCCO3)cc2c1. The molecule has 82 valence electrons. The van der Waals surface area contributed by atoms with Gasteiger partial charge in [0.25, 0.3) is 0 Å². The molecule has 0 saturated carbocycles. The molecular weight excluding hydrogens is 200 g/mol. The van der Waals surface area contributed by atoms with Crippen molar-refractivity contribution in [2.45, 2.75) is 6.10 Å². The predicted octanol–water partition coefficient (Wildman–Crippen LogP) is 1.90. The first kappa shape index (κ1) is 9.75. The van der Waals surface area contributed by atoms with Gasteiger partial charge in [0, 0.05) is 30.2 Å². The number of para-hydroxylation sites is 1. The highest BCUT2D eigenvalue weighted by molar-refractivity contribution is 5.78. The van der Waals surface area contributed by atoms with Crippen LogP contribution in [0, 0.1) is 0 Å². The lowest BCUT2D eigenvalue weighted by molar-refractivity contribution is 0.0276. The predicted molar refractivity (Wildman–Crippen MR) is 63.3 cm³/mol. The third-order valence-corrected chi connectivity index (χ3v) is 2.91. The average Bonchev–Trinajstić information content (AvgIpc) is 2.39. The molecule has 0 bridgehead atoms. The molecular formula is C13H14N2O. The second-order valence-corrected chi connectivity index (χ2v) is 4.02. The molecule has 0 spiro atoms. The van der Waals surface area contributed by atoms with E-state index in [1.807, 2.05) is 24.4 Å². The second kappa shape index (κ2) is 4.20. The van der Waals surface area contributed by atoms with Crippen LogP contribution in [-0.2, 0) is 4.74 Å². The van der Waals surface area contributed by atoms with Crippen LogP contribution in [-0.4, -0.2) is 24.7 Å². The van der Waals surface area contributed by atoms with E-state index < -0.39 is 0 Å². The molecule has 1 aromatic heterocycles. The van der Waals surface area contributed by atoms with Gasteiger partial charge in [-0.05, 0) is 12.1 Å². The summed E-state index contributed by atoms with van der Waals surface area (Å²) in [7, 11) is 0. The standard InChI is InChI=1S/C13H14N2O/c1-2-4-12-10(3-1)7-11(8-15-12)13-9-14-5-6-16-13/h1-4,7-8,13-14H,5-6,9H2. The van der Waals surface area contributed by atoms with Crippen LogP contribution in [0.4, 0.5) is 0 Å². The van der Waals surface area contributed by atoms with Crippen molar-refractivity contribution >= 4 is 10.9 Å².